The average Bonchev–Trinajstić information content (AvgIpc) is 2.55. The standard InChI is InChI=1S/C18H23NO3/c19-17(20)13-5-7-14(8-6-13)18(21)22-16-10-9-12-3-1-2-4-15(12)11-16/h1-4,13-14,16H,5-11H2,(H2,19,20)/t13?,14?,16-/m1/s1. The van der Waals surface area contributed by atoms with E-state index in [0.29, 0.717) is 12.8 Å². The smallest absolute Gasteiger partial charge is 0.309 e. The zero-order valence-corrected chi connectivity index (χ0v) is 12.8. The Kier molecular flexibility index (Phi) is 4.46. The van der Waals surface area contributed by atoms with Gasteiger partial charge in [0.2, 0.25) is 5.91 Å². The number of amides is 1. The first kappa shape index (κ1) is 15.1. The number of hydrogen-bond acceptors (Lipinski definition) is 3. The average molecular weight is 301 g/mol. The van der Waals surface area contributed by atoms with E-state index in [0.717, 1.165) is 32.1 Å². The molecule has 0 saturated heterocycles. The first-order valence-electron chi connectivity index (χ1n) is 8.20. The fourth-order valence-electron chi connectivity index (χ4n) is 3.64. The molecule has 1 amide bonds. The summed E-state index contributed by atoms with van der Waals surface area (Å²) in [6, 6.07) is 8.36. The van der Waals surface area contributed by atoms with Gasteiger partial charge in [0.05, 0.1) is 5.92 Å². The largest absolute Gasteiger partial charge is 0.462 e. The second-order valence-corrected chi connectivity index (χ2v) is 6.52. The number of carbonyl (C=O) groups is 2. The van der Waals surface area contributed by atoms with Gasteiger partial charge in [-0.05, 0) is 49.7 Å². The van der Waals surface area contributed by atoms with E-state index in [1.807, 2.05) is 6.07 Å². The van der Waals surface area contributed by atoms with Gasteiger partial charge in [-0.3, -0.25) is 9.59 Å². The van der Waals surface area contributed by atoms with E-state index in [2.05, 4.69) is 18.2 Å². The van der Waals surface area contributed by atoms with Crippen molar-refractivity contribution in [3.63, 3.8) is 0 Å². The SMILES string of the molecule is NC(=O)C1CCC(C(=O)O[C@@H]2CCc3ccccc3C2)CC1. The van der Waals surface area contributed by atoms with Crippen molar-refractivity contribution >= 4 is 11.9 Å². The number of benzene rings is 1. The Morgan fingerprint density at radius 2 is 1.59 bits per heavy atom. The minimum atomic E-state index is -0.240. The summed E-state index contributed by atoms with van der Waals surface area (Å²) >= 11 is 0. The second-order valence-electron chi connectivity index (χ2n) is 6.52. The van der Waals surface area contributed by atoms with E-state index in [1.54, 1.807) is 0 Å². The third-order valence-electron chi connectivity index (χ3n) is 5.05. The molecule has 1 aromatic rings. The van der Waals surface area contributed by atoms with Gasteiger partial charge in [0.15, 0.2) is 0 Å². The molecular weight excluding hydrogens is 278 g/mol. The molecule has 3 rings (SSSR count). The van der Waals surface area contributed by atoms with Crippen molar-refractivity contribution < 1.29 is 14.3 Å². The first-order chi connectivity index (χ1) is 10.6. The van der Waals surface area contributed by atoms with E-state index < -0.39 is 0 Å². The summed E-state index contributed by atoms with van der Waals surface area (Å²) in [4.78, 5) is 23.5. The molecule has 0 aromatic heterocycles. The van der Waals surface area contributed by atoms with Crippen molar-refractivity contribution in [1.29, 1.82) is 0 Å². The van der Waals surface area contributed by atoms with E-state index in [-0.39, 0.29) is 29.8 Å². The van der Waals surface area contributed by atoms with Gasteiger partial charge in [0.1, 0.15) is 6.10 Å². The van der Waals surface area contributed by atoms with Crippen molar-refractivity contribution in [2.75, 3.05) is 0 Å². The Labute approximate surface area is 131 Å². The number of hydrogen-bond donors (Lipinski definition) is 1. The number of ether oxygens (including phenoxy) is 1. The molecule has 0 heterocycles. The van der Waals surface area contributed by atoms with Crippen molar-refractivity contribution in [2.24, 2.45) is 17.6 Å². The van der Waals surface area contributed by atoms with E-state index in [9.17, 15) is 9.59 Å². The highest BCUT2D eigenvalue weighted by Gasteiger charge is 2.31. The maximum atomic E-state index is 12.3. The van der Waals surface area contributed by atoms with Gasteiger partial charge in [-0.1, -0.05) is 24.3 Å². The van der Waals surface area contributed by atoms with E-state index in [1.165, 1.54) is 11.1 Å². The molecule has 0 radical (unpaired) electrons. The molecule has 0 unspecified atom stereocenters. The molecule has 2 aliphatic carbocycles. The molecule has 22 heavy (non-hydrogen) atoms. The van der Waals surface area contributed by atoms with Crippen LogP contribution >= 0.6 is 0 Å². The van der Waals surface area contributed by atoms with Crippen LogP contribution in [0.25, 0.3) is 0 Å². The fraction of sp³-hybridized carbons (Fsp3) is 0.556. The van der Waals surface area contributed by atoms with Gasteiger partial charge in [-0.25, -0.2) is 0 Å². The van der Waals surface area contributed by atoms with Crippen LogP contribution in [0.2, 0.25) is 0 Å². The van der Waals surface area contributed by atoms with Gasteiger partial charge in [0.25, 0.3) is 0 Å². The number of esters is 1. The topological polar surface area (TPSA) is 69.4 Å². The highest BCUT2D eigenvalue weighted by atomic mass is 16.5. The molecule has 1 atom stereocenters. The molecule has 1 saturated carbocycles. The highest BCUT2D eigenvalue weighted by Crippen LogP contribution is 2.31. The van der Waals surface area contributed by atoms with Crippen LogP contribution in [0.4, 0.5) is 0 Å². The molecule has 2 aliphatic rings. The number of primary amides is 1. The molecule has 4 heteroatoms. The molecule has 0 aliphatic heterocycles. The minimum Gasteiger partial charge on any atom is -0.462 e. The number of carbonyl (C=O) groups excluding carboxylic acids is 2. The molecule has 1 fully saturated rings. The predicted octanol–water partition coefficient (Wildman–Crippen LogP) is 2.38. The predicted molar refractivity (Wildman–Crippen MR) is 83.0 cm³/mol. The summed E-state index contributed by atoms with van der Waals surface area (Å²) < 4.78 is 5.73. The molecule has 0 spiro atoms. The Balaban J connectivity index is 1.52. The Bertz CT molecular complexity index is 561. The lowest BCUT2D eigenvalue weighted by Crippen LogP contribution is -2.33. The number of nitrogens with two attached hydrogens (primary N) is 1. The van der Waals surface area contributed by atoms with Crippen molar-refractivity contribution in [1.82, 2.24) is 0 Å². The van der Waals surface area contributed by atoms with E-state index >= 15 is 0 Å². The van der Waals surface area contributed by atoms with Gasteiger partial charge < -0.3 is 10.5 Å². The van der Waals surface area contributed by atoms with Crippen molar-refractivity contribution in [3.8, 4) is 0 Å². The number of aryl methyl sites for hydroxylation is 1. The molecule has 2 N–H and O–H groups in total. The lowest BCUT2D eigenvalue weighted by Gasteiger charge is -2.29. The third-order valence-corrected chi connectivity index (χ3v) is 5.05. The van der Waals surface area contributed by atoms with Gasteiger partial charge in [0, 0.05) is 12.3 Å². The lowest BCUT2D eigenvalue weighted by atomic mass is 9.81. The number of fused-ring (bicyclic) bond motifs is 1. The molecule has 4 nitrogen and oxygen atoms in total. The summed E-state index contributed by atoms with van der Waals surface area (Å²) in [6.45, 7) is 0. The van der Waals surface area contributed by atoms with E-state index in [4.69, 9.17) is 10.5 Å². The van der Waals surface area contributed by atoms with Crippen LogP contribution in [0.15, 0.2) is 24.3 Å². The van der Waals surface area contributed by atoms with Gasteiger partial charge in [-0.15, -0.1) is 0 Å². The Morgan fingerprint density at radius 1 is 0.955 bits per heavy atom. The van der Waals surface area contributed by atoms with Crippen molar-refractivity contribution in [2.45, 2.75) is 51.0 Å². The summed E-state index contributed by atoms with van der Waals surface area (Å²) in [5.74, 6) is -0.457. The van der Waals surface area contributed by atoms with Crippen molar-refractivity contribution in [3.05, 3.63) is 35.4 Å². The maximum Gasteiger partial charge on any atom is 0.309 e. The fourth-order valence-corrected chi connectivity index (χ4v) is 3.64. The second kappa shape index (κ2) is 6.51. The normalized spacial score (nSPS) is 27.7. The molecule has 1 aromatic carbocycles. The Hall–Kier alpha value is -1.84. The lowest BCUT2D eigenvalue weighted by molar-refractivity contribution is -0.156. The van der Waals surface area contributed by atoms with Crippen LogP contribution in [-0.2, 0) is 27.2 Å². The summed E-state index contributed by atoms with van der Waals surface area (Å²) in [5, 5.41) is 0. The minimum absolute atomic E-state index is 0.00346. The molecule has 118 valence electrons. The van der Waals surface area contributed by atoms with Gasteiger partial charge >= 0.3 is 5.97 Å². The van der Waals surface area contributed by atoms with Crippen LogP contribution in [0, 0.1) is 11.8 Å². The third kappa shape index (κ3) is 3.32. The monoisotopic (exact) mass is 301 g/mol. The quantitative estimate of drug-likeness (QED) is 0.871. The van der Waals surface area contributed by atoms with Gasteiger partial charge in [-0.2, -0.15) is 0 Å². The van der Waals surface area contributed by atoms with Crippen LogP contribution in [0.1, 0.15) is 43.2 Å². The number of rotatable bonds is 3. The van der Waals surface area contributed by atoms with Crippen LogP contribution in [0.5, 0.6) is 0 Å². The van der Waals surface area contributed by atoms with Crippen LogP contribution < -0.4 is 5.73 Å². The van der Waals surface area contributed by atoms with Crippen LogP contribution in [-0.4, -0.2) is 18.0 Å². The first-order valence-corrected chi connectivity index (χ1v) is 8.20. The summed E-state index contributed by atoms with van der Waals surface area (Å²) in [5.41, 5.74) is 8.00. The zero-order chi connectivity index (χ0) is 15.5. The Morgan fingerprint density at radius 3 is 2.27 bits per heavy atom. The molecular formula is C18H23NO3. The zero-order valence-electron chi connectivity index (χ0n) is 12.8. The highest BCUT2D eigenvalue weighted by molar-refractivity contribution is 5.77. The summed E-state index contributed by atoms with van der Waals surface area (Å²) in [7, 11) is 0. The van der Waals surface area contributed by atoms with Crippen LogP contribution in [0.3, 0.4) is 0 Å². The molecule has 0 bridgehead atoms. The summed E-state index contributed by atoms with van der Waals surface area (Å²) in [6.07, 6.45) is 5.55. The maximum absolute atomic E-state index is 12.3.